The second kappa shape index (κ2) is 9.11. The first-order valence-electron chi connectivity index (χ1n) is 10.9. The van der Waals surface area contributed by atoms with E-state index in [1.54, 1.807) is 66.7 Å². The van der Waals surface area contributed by atoms with Gasteiger partial charge in [0.15, 0.2) is 11.6 Å². The summed E-state index contributed by atoms with van der Waals surface area (Å²) in [5, 5.41) is 22.8. The first kappa shape index (κ1) is 23.2. The molecule has 0 bridgehead atoms. The minimum atomic E-state index is -1.76. The first-order chi connectivity index (χ1) is 16.2. The second-order valence-electron chi connectivity index (χ2n) is 8.79. The third-order valence-corrected chi connectivity index (χ3v) is 6.41. The zero-order valence-electron chi connectivity index (χ0n) is 18.5. The van der Waals surface area contributed by atoms with Crippen molar-refractivity contribution in [2.24, 2.45) is 11.8 Å². The molecule has 4 atom stereocenters. The van der Waals surface area contributed by atoms with Crippen LogP contribution in [0, 0.1) is 22.0 Å². The lowest BCUT2D eigenvalue weighted by Gasteiger charge is -2.44. The number of non-ortho nitro benzene ring substituents is 1. The van der Waals surface area contributed by atoms with Crippen molar-refractivity contribution in [3.8, 4) is 0 Å². The summed E-state index contributed by atoms with van der Waals surface area (Å²) >= 11 is 0. The SMILES string of the molecule is C[C@]1(O)CC(=O)[C@@H](C(=O)c2ccccc2)[C@@H](c2cccc([N+](=O)[O-])c2)[C@@H]1C(=O)c1ccccc1. The molecule has 0 aliphatic heterocycles. The lowest BCUT2D eigenvalue weighted by Crippen LogP contribution is -2.54. The summed E-state index contributed by atoms with van der Waals surface area (Å²) in [6.45, 7) is 1.41. The van der Waals surface area contributed by atoms with E-state index in [0.717, 1.165) is 0 Å². The highest BCUT2D eigenvalue weighted by molar-refractivity contribution is 6.13. The molecule has 1 N–H and O–H groups in total. The summed E-state index contributed by atoms with van der Waals surface area (Å²) in [7, 11) is 0. The topological polar surface area (TPSA) is 115 Å². The zero-order chi connectivity index (χ0) is 24.5. The quantitative estimate of drug-likeness (QED) is 0.254. The van der Waals surface area contributed by atoms with Crippen LogP contribution in [0.3, 0.4) is 0 Å². The number of rotatable bonds is 6. The summed E-state index contributed by atoms with van der Waals surface area (Å²) < 4.78 is 0. The Labute approximate surface area is 196 Å². The van der Waals surface area contributed by atoms with Gasteiger partial charge in [0.05, 0.1) is 22.4 Å². The fraction of sp³-hybridized carbons (Fsp3) is 0.222. The number of carbonyl (C=O) groups excluding carboxylic acids is 3. The van der Waals surface area contributed by atoms with Crippen molar-refractivity contribution in [3.63, 3.8) is 0 Å². The van der Waals surface area contributed by atoms with Crippen molar-refractivity contribution in [1.82, 2.24) is 0 Å². The maximum Gasteiger partial charge on any atom is 0.269 e. The molecule has 1 aliphatic rings. The second-order valence-corrected chi connectivity index (χ2v) is 8.79. The molecule has 0 saturated heterocycles. The Morgan fingerprint density at radius 1 is 0.912 bits per heavy atom. The number of carbonyl (C=O) groups is 3. The van der Waals surface area contributed by atoms with Gasteiger partial charge >= 0.3 is 0 Å². The van der Waals surface area contributed by atoms with E-state index in [0.29, 0.717) is 11.1 Å². The van der Waals surface area contributed by atoms with E-state index in [9.17, 15) is 29.6 Å². The predicted octanol–water partition coefficient (Wildman–Crippen LogP) is 4.40. The Bertz CT molecular complexity index is 1250. The first-order valence-corrected chi connectivity index (χ1v) is 10.9. The molecule has 172 valence electrons. The van der Waals surface area contributed by atoms with Crippen molar-refractivity contribution in [2.45, 2.75) is 24.9 Å². The number of nitro benzene ring substituents is 1. The van der Waals surface area contributed by atoms with Crippen molar-refractivity contribution in [1.29, 1.82) is 0 Å². The van der Waals surface area contributed by atoms with Crippen LogP contribution in [0.2, 0.25) is 0 Å². The largest absolute Gasteiger partial charge is 0.389 e. The standard InChI is InChI=1S/C27H23NO6/c1-27(32)16-21(29)23(25(30)17-9-4-2-5-10-17)22(19-13-8-14-20(15-19)28(33)34)24(27)26(31)18-11-6-3-7-12-18/h2-15,22-24,32H,16H2,1H3/t22-,23-,24-,27+/m1/s1. The summed E-state index contributed by atoms with van der Waals surface area (Å²) in [6.07, 6.45) is -0.384. The average Bonchev–Trinajstić information content (AvgIpc) is 2.83. The normalized spacial score (nSPS) is 24.4. The molecule has 34 heavy (non-hydrogen) atoms. The van der Waals surface area contributed by atoms with Gasteiger partial charge in [0.2, 0.25) is 0 Å². The molecule has 0 heterocycles. The highest BCUT2D eigenvalue weighted by Gasteiger charge is 2.55. The maximum atomic E-state index is 13.7. The van der Waals surface area contributed by atoms with Gasteiger partial charge in [-0.3, -0.25) is 24.5 Å². The van der Waals surface area contributed by atoms with Gasteiger partial charge in [-0.2, -0.15) is 0 Å². The van der Waals surface area contributed by atoms with Gasteiger partial charge < -0.3 is 5.11 Å². The van der Waals surface area contributed by atoms with Gasteiger partial charge in [0, 0.05) is 35.6 Å². The molecule has 1 aliphatic carbocycles. The van der Waals surface area contributed by atoms with Crippen LogP contribution in [0.5, 0.6) is 0 Å². The summed E-state index contributed by atoms with van der Waals surface area (Å²) in [5.74, 6) is -4.96. The monoisotopic (exact) mass is 457 g/mol. The summed E-state index contributed by atoms with van der Waals surface area (Å²) in [6, 6.07) is 22.2. The van der Waals surface area contributed by atoms with E-state index >= 15 is 0 Å². The molecule has 1 saturated carbocycles. The Balaban J connectivity index is 1.92. The van der Waals surface area contributed by atoms with Crippen molar-refractivity contribution < 1.29 is 24.4 Å². The molecule has 0 spiro atoms. The van der Waals surface area contributed by atoms with Crippen LogP contribution < -0.4 is 0 Å². The molecule has 0 unspecified atom stereocenters. The lowest BCUT2D eigenvalue weighted by molar-refractivity contribution is -0.385. The predicted molar refractivity (Wildman–Crippen MR) is 125 cm³/mol. The van der Waals surface area contributed by atoms with Crippen LogP contribution in [-0.4, -0.2) is 33.0 Å². The van der Waals surface area contributed by atoms with E-state index in [1.807, 2.05) is 0 Å². The van der Waals surface area contributed by atoms with Crippen LogP contribution in [0.25, 0.3) is 0 Å². The van der Waals surface area contributed by atoms with Crippen LogP contribution in [0.4, 0.5) is 5.69 Å². The highest BCUT2D eigenvalue weighted by atomic mass is 16.6. The number of benzene rings is 3. The molecular formula is C27H23NO6. The fourth-order valence-corrected chi connectivity index (χ4v) is 4.90. The van der Waals surface area contributed by atoms with Crippen LogP contribution in [0.1, 0.15) is 45.5 Å². The van der Waals surface area contributed by atoms with Crippen molar-refractivity contribution in [3.05, 3.63) is 112 Å². The minimum absolute atomic E-state index is 0.230. The number of ketones is 3. The molecule has 0 aromatic heterocycles. The average molecular weight is 457 g/mol. The molecule has 0 amide bonds. The zero-order valence-corrected chi connectivity index (χ0v) is 18.5. The third kappa shape index (κ3) is 4.30. The third-order valence-electron chi connectivity index (χ3n) is 6.41. The number of nitrogens with zero attached hydrogens (tertiary/aromatic N) is 1. The molecule has 3 aromatic carbocycles. The van der Waals surface area contributed by atoms with Gasteiger partial charge in [-0.15, -0.1) is 0 Å². The highest BCUT2D eigenvalue weighted by Crippen LogP contribution is 2.48. The lowest BCUT2D eigenvalue weighted by atomic mass is 9.58. The van der Waals surface area contributed by atoms with Gasteiger partial charge in [-0.1, -0.05) is 72.8 Å². The van der Waals surface area contributed by atoms with Crippen molar-refractivity contribution >= 4 is 23.0 Å². The van der Waals surface area contributed by atoms with Gasteiger partial charge in [0.1, 0.15) is 5.78 Å². The fourth-order valence-electron chi connectivity index (χ4n) is 4.90. The Morgan fingerprint density at radius 3 is 2.03 bits per heavy atom. The van der Waals surface area contributed by atoms with E-state index < -0.39 is 45.6 Å². The molecule has 7 heteroatoms. The Kier molecular flexibility index (Phi) is 6.22. The molecule has 0 radical (unpaired) electrons. The number of aliphatic hydroxyl groups is 1. The number of hydrogen-bond acceptors (Lipinski definition) is 6. The minimum Gasteiger partial charge on any atom is -0.389 e. The Morgan fingerprint density at radius 2 is 1.47 bits per heavy atom. The summed E-state index contributed by atoms with van der Waals surface area (Å²) in [5.41, 5.74) is -1.09. The van der Waals surface area contributed by atoms with E-state index in [-0.39, 0.29) is 17.7 Å². The smallest absolute Gasteiger partial charge is 0.269 e. The van der Waals surface area contributed by atoms with Crippen molar-refractivity contribution in [2.75, 3.05) is 0 Å². The molecule has 7 nitrogen and oxygen atoms in total. The van der Waals surface area contributed by atoms with E-state index in [1.165, 1.54) is 25.1 Å². The molecule has 4 rings (SSSR count). The molecule has 1 fully saturated rings. The van der Waals surface area contributed by atoms with E-state index in [4.69, 9.17) is 0 Å². The number of Topliss-reactive ketones (excluding diaryl/α,β-unsaturated/α-hetero) is 3. The van der Waals surface area contributed by atoms with Gasteiger partial charge in [0.25, 0.3) is 5.69 Å². The van der Waals surface area contributed by atoms with Crippen LogP contribution >= 0.6 is 0 Å². The number of hydrogen-bond donors (Lipinski definition) is 1. The maximum absolute atomic E-state index is 13.7. The summed E-state index contributed by atoms with van der Waals surface area (Å²) in [4.78, 5) is 51.5. The van der Waals surface area contributed by atoms with E-state index in [2.05, 4.69) is 0 Å². The molecular weight excluding hydrogens is 434 g/mol. The van der Waals surface area contributed by atoms with Crippen LogP contribution in [0.15, 0.2) is 84.9 Å². The van der Waals surface area contributed by atoms with Gasteiger partial charge in [-0.05, 0) is 12.5 Å². The Hall–Kier alpha value is -3.97. The number of nitro groups is 1. The van der Waals surface area contributed by atoms with Gasteiger partial charge in [-0.25, -0.2) is 0 Å². The van der Waals surface area contributed by atoms with Crippen LogP contribution in [-0.2, 0) is 4.79 Å². The molecule has 3 aromatic rings.